The van der Waals surface area contributed by atoms with E-state index in [0.717, 1.165) is 0 Å². The summed E-state index contributed by atoms with van der Waals surface area (Å²) in [5.41, 5.74) is 2.08. The van der Waals surface area contributed by atoms with E-state index in [0.29, 0.717) is 22.5 Å². The van der Waals surface area contributed by atoms with Gasteiger partial charge in [0.1, 0.15) is 17.1 Å². The maximum absolute atomic E-state index is 13.3. The Balaban J connectivity index is 2.57. The normalized spacial score (nSPS) is 10.5. The molecule has 0 saturated heterocycles. The molecule has 0 aliphatic heterocycles. The van der Waals surface area contributed by atoms with Gasteiger partial charge in [-0.3, -0.25) is 4.68 Å². The minimum atomic E-state index is -0.438. The average Bonchev–Trinajstić information content (AvgIpc) is 2.66. The molecule has 1 aromatic heterocycles. The van der Waals surface area contributed by atoms with E-state index >= 15 is 0 Å². The molecule has 1 heterocycles. The predicted octanol–water partition coefficient (Wildman–Crippen LogP) is 2.71. The van der Waals surface area contributed by atoms with Gasteiger partial charge in [-0.25, -0.2) is 9.18 Å². The fourth-order valence-electron chi connectivity index (χ4n) is 1.89. The molecule has 0 aliphatic carbocycles. The maximum atomic E-state index is 13.3. The zero-order chi connectivity index (χ0) is 14.0. The number of hydrogen-bond donors (Lipinski definition) is 0. The first kappa shape index (κ1) is 13.3. The monoisotopic (exact) mass is 262 g/mol. The van der Waals surface area contributed by atoms with Crippen LogP contribution < -0.4 is 0 Å². The number of halogens is 1. The third kappa shape index (κ3) is 2.50. The van der Waals surface area contributed by atoms with Crippen molar-refractivity contribution in [3.05, 3.63) is 41.3 Å². The van der Waals surface area contributed by atoms with E-state index in [-0.39, 0.29) is 12.4 Å². The Bertz CT molecular complexity index is 620. The van der Waals surface area contributed by atoms with Crippen LogP contribution in [-0.4, -0.2) is 22.4 Å². The molecule has 0 amide bonds. The lowest BCUT2D eigenvalue weighted by Crippen LogP contribution is -2.07. The Labute approximate surface area is 110 Å². The third-order valence-corrected chi connectivity index (χ3v) is 2.91. The van der Waals surface area contributed by atoms with Gasteiger partial charge in [-0.2, -0.15) is 5.10 Å². The van der Waals surface area contributed by atoms with Gasteiger partial charge in [0, 0.05) is 12.6 Å². The fraction of sp³-hybridized carbons (Fsp3) is 0.286. The van der Waals surface area contributed by atoms with Crippen LogP contribution in [0.4, 0.5) is 4.39 Å². The van der Waals surface area contributed by atoms with Gasteiger partial charge in [-0.15, -0.1) is 0 Å². The van der Waals surface area contributed by atoms with Gasteiger partial charge in [0.25, 0.3) is 0 Å². The molecule has 0 atom stereocenters. The summed E-state index contributed by atoms with van der Waals surface area (Å²) >= 11 is 0. The van der Waals surface area contributed by atoms with Gasteiger partial charge in [0.2, 0.25) is 0 Å². The Morgan fingerprint density at radius 2 is 2.21 bits per heavy atom. The van der Waals surface area contributed by atoms with Crippen molar-refractivity contribution in [1.29, 1.82) is 0 Å². The van der Waals surface area contributed by atoms with E-state index in [2.05, 4.69) is 5.10 Å². The summed E-state index contributed by atoms with van der Waals surface area (Å²) in [5, 5.41) is 4.27. The standard InChI is InChI=1S/C14H15FN2O2/c1-4-19-14(18)12-9(2)17(3)16-13(12)10-6-5-7-11(15)8-10/h5-8H,4H2,1-3H3. The van der Waals surface area contributed by atoms with Gasteiger partial charge < -0.3 is 4.74 Å². The van der Waals surface area contributed by atoms with Crippen LogP contribution in [0.5, 0.6) is 0 Å². The van der Waals surface area contributed by atoms with Crippen molar-refractivity contribution in [3.63, 3.8) is 0 Å². The van der Waals surface area contributed by atoms with Crippen LogP contribution in [0.25, 0.3) is 11.3 Å². The molecule has 4 nitrogen and oxygen atoms in total. The number of ether oxygens (including phenoxy) is 1. The molecule has 0 N–H and O–H groups in total. The lowest BCUT2D eigenvalue weighted by atomic mass is 10.1. The van der Waals surface area contributed by atoms with E-state index in [4.69, 9.17) is 4.74 Å². The van der Waals surface area contributed by atoms with E-state index in [9.17, 15) is 9.18 Å². The van der Waals surface area contributed by atoms with Crippen molar-refractivity contribution >= 4 is 5.97 Å². The zero-order valence-electron chi connectivity index (χ0n) is 11.1. The number of carbonyl (C=O) groups excluding carboxylic acids is 1. The van der Waals surface area contributed by atoms with Crippen LogP contribution in [0.15, 0.2) is 24.3 Å². The second kappa shape index (κ2) is 5.22. The average molecular weight is 262 g/mol. The molecule has 100 valence electrons. The predicted molar refractivity (Wildman–Crippen MR) is 69.3 cm³/mol. The number of esters is 1. The van der Waals surface area contributed by atoms with Crippen molar-refractivity contribution in [2.45, 2.75) is 13.8 Å². The number of benzene rings is 1. The zero-order valence-corrected chi connectivity index (χ0v) is 11.1. The Morgan fingerprint density at radius 1 is 1.47 bits per heavy atom. The van der Waals surface area contributed by atoms with Crippen LogP contribution in [0.3, 0.4) is 0 Å². The third-order valence-electron chi connectivity index (χ3n) is 2.91. The SMILES string of the molecule is CCOC(=O)c1c(-c2cccc(F)c2)nn(C)c1C. The quantitative estimate of drug-likeness (QED) is 0.799. The van der Waals surface area contributed by atoms with Gasteiger partial charge in [-0.1, -0.05) is 12.1 Å². The first-order valence-corrected chi connectivity index (χ1v) is 6.01. The molecule has 0 spiro atoms. The highest BCUT2D eigenvalue weighted by atomic mass is 19.1. The summed E-state index contributed by atoms with van der Waals surface area (Å²) in [7, 11) is 1.74. The molecular weight excluding hydrogens is 247 g/mol. The highest BCUT2D eigenvalue weighted by Gasteiger charge is 2.22. The molecule has 0 saturated carbocycles. The Kier molecular flexibility index (Phi) is 3.64. The van der Waals surface area contributed by atoms with Gasteiger partial charge in [0.05, 0.1) is 12.3 Å². The second-order valence-electron chi connectivity index (χ2n) is 4.16. The fourth-order valence-corrected chi connectivity index (χ4v) is 1.89. The van der Waals surface area contributed by atoms with Crippen LogP contribution in [0, 0.1) is 12.7 Å². The molecule has 0 aliphatic rings. The Morgan fingerprint density at radius 3 is 2.84 bits per heavy atom. The smallest absolute Gasteiger partial charge is 0.342 e. The molecule has 0 unspecified atom stereocenters. The van der Waals surface area contributed by atoms with Crippen molar-refractivity contribution in [2.75, 3.05) is 6.61 Å². The van der Waals surface area contributed by atoms with Crippen LogP contribution in [0.1, 0.15) is 23.0 Å². The minimum Gasteiger partial charge on any atom is -0.462 e. The number of aryl methyl sites for hydroxylation is 1. The number of aromatic nitrogens is 2. The van der Waals surface area contributed by atoms with Crippen molar-refractivity contribution < 1.29 is 13.9 Å². The van der Waals surface area contributed by atoms with Crippen molar-refractivity contribution in [3.8, 4) is 11.3 Å². The van der Waals surface area contributed by atoms with E-state index < -0.39 is 5.97 Å². The molecule has 0 bridgehead atoms. The summed E-state index contributed by atoms with van der Waals surface area (Å²) in [4.78, 5) is 12.0. The summed E-state index contributed by atoms with van der Waals surface area (Å²) in [5.74, 6) is -0.803. The summed E-state index contributed by atoms with van der Waals surface area (Å²) < 4.78 is 19.9. The summed E-state index contributed by atoms with van der Waals surface area (Å²) in [6.07, 6.45) is 0. The lowest BCUT2D eigenvalue weighted by molar-refractivity contribution is 0.0526. The van der Waals surface area contributed by atoms with E-state index in [1.165, 1.54) is 12.1 Å². The molecule has 0 fully saturated rings. The topological polar surface area (TPSA) is 44.1 Å². The first-order chi connectivity index (χ1) is 9.04. The van der Waals surface area contributed by atoms with E-state index in [1.54, 1.807) is 37.7 Å². The van der Waals surface area contributed by atoms with Gasteiger partial charge in [0.15, 0.2) is 0 Å². The van der Waals surface area contributed by atoms with Crippen molar-refractivity contribution in [1.82, 2.24) is 9.78 Å². The summed E-state index contributed by atoms with van der Waals surface area (Å²) in [6.45, 7) is 3.81. The molecule has 19 heavy (non-hydrogen) atoms. The lowest BCUT2D eigenvalue weighted by Gasteiger charge is -2.04. The number of nitrogens with zero attached hydrogens (tertiary/aromatic N) is 2. The number of rotatable bonds is 3. The van der Waals surface area contributed by atoms with Crippen LogP contribution in [-0.2, 0) is 11.8 Å². The molecular formula is C14H15FN2O2. The molecule has 2 rings (SSSR count). The number of hydrogen-bond acceptors (Lipinski definition) is 3. The van der Waals surface area contributed by atoms with Crippen molar-refractivity contribution in [2.24, 2.45) is 7.05 Å². The maximum Gasteiger partial charge on any atom is 0.342 e. The largest absolute Gasteiger partial charge is 0.462 e. The van der Waals surface area contributed by atoms with Gasteiger partial charge >= 0.3 is 5.97 Å². The first-order valence-electron chi connectivity index (χ1n) is 6.01. The molecule has 5 heteroatoms. The highest BCUT2D eigenvalue weighted by Crippen LogP contribution is 2.26. The Hall–Kier alpha value is -2.17. The minimum absolute atomic E-state index is 0.287. The second-order valence-corrected chi connectivity index (χ2v) is 4.16. The van der Waals surface area contributed by atoms with Gasteiger partial charge in [-0.05, 0) is 26.0 Å². The van der Waals surface area contributed by atoms with Crippen LogP contribution in [0.2, 0.25) is 0 Å². The molecule has 2 aromatic rings. The molecule has 1 aromatic carbocycles. The van der Waals surface area contributed by atoms with Crippen LogP contribution >= 0.6 is 0 Å². The number of carbonyl (C=O) groups is 1. The highest BCUT2D eigenvalue weighted by molar-refractivity contribution is 5.97. The molecule has 0 radical (unpaired) electrons. The van der Waals surface area contributed by atoms with E-state index in [1.807, 2.05) is 0 Å². The summed E-state index contributed by atoms with van der Waals surface area (Å²) in [6, 6.07) is 6.00.